The molecule has 0 fully saturated rings. The Balaban J connectivity index is 3.43. The van der Waals surface area contributed by atoms with Gasteiger partial charge in [0.15, 0.2) is 6.29 Å². The van der Waals surface area contributed by atoms with E-state index in [9.17, 15) is 4.79 Å². The lowest BCUT2D eigenvalue weighted by Gasteiger charge is -2.16. The van der Waals surface area contributed by atoms with Gasteiger partial charge < -0.3 is 9.47 Å². The summed E-state index contributed by atoms with van der Waals surface area (Å²) >= 11 is 0. The second kappa shape index (κ2) is 16.7. The van der Waals surface area contributed by atoms with Crippen molar-refractivity contribution in [3.8, 4) is 11.8 Å². The summed E-state index contributed by atoms with van der Waals surface area (Å²) in [6.45, 7) is 5.42. The molecule has 0 aromatic carbocycles. The Bertz CT molecular complexity index is 350. The number of rotatable bonds is 12. The first-order valence-corrected chi connectivity index (χ1v) is 7.93. The van der Waals surface area contributed by atoms with Crippen molar-refractivity contribution in [1.29, 1.82) is 0 Å². The van der Waals surface area contributed by atoms with Gasteiger partial charge in [0, 0.05) is 13.2 Å². The highest BCUT2D eigenvalue weighted by molar-refractivity contribution is 5.52. The van der Waals surface area contributed by atoms with Gasteiger partial charge in [-0.1, -0.05) is 37.2 Å². The number of ether oxygens (including phenoxy) is 2. The van der Waals surface area contributed by atoms with Gasteiger partial charge in [0.2, 0.25) is 0 Å². The lowest BCUT2D eigenvalue weighted by molar-refractivity contribution is -0.140. The highest BCUT2D eigenvalue weighted by Crippen LogP contribution is 2.11. The molecule has 3 nitrogen and oxygen atoms in total. The maximum Gasteiger partial charge on any atom is 0.157 e. The van der Waals surface area contributed by atoms with Crippen LogP contribution in [0.25, 0.3) is 0 Å². The van der Waals surface area contributed by atoms with Crippen LogP contribution in [0, 0.1) is 11.8 Å². The lowest BCUT2D eigenvalue weighted by Crippen LogP contribution is -2.17. The number of allylic oxidation sites excluding steroid dienone is 3. The molecule has 0 N–H and O–H groups in total. The van der Waals surface area contributed by atoms with Crippen LogP contribution in [0.1, 0.15) is 58.8 Å². The molecule has 0 unspecified atom stereocenters. The fourth-order valence-corrected chi connectivity index (χ4v) is 1.95. The van der Waals surface area contributed by atoms with Gasteiger partial charge in [0.25, 0.3) is 0 Å². The molecular formula is C18H28O3. The fourth-order valence-electron chi connectivity index (χ4n) is 1.95. The van der Waals surface area contributed by atoms with Crippen molar-refractivity contribution in [2.24, 2.45) is 0 Å². The van der Waals surface area contributed by atoms with E-state index in [0.29, 0.717) is 13.2 Å². The molecule has 0 aliphatic carbocycles. The molecule has 0 aliphatic rings. The van der Waals surface area contributed by atoms with E-state index in [1.807, 2.05) is 19.9 Å². The summed E-state index contributed by atoms with van der Waals surface area (Å²) in [4.78, 5) is 9.86. The van der Waals surface area contributed by atoms with E-state index in [0.717, 1.165) is 19.3 Å². The van der Waals surface area contributed by atoms with Gasteiger partial charge in [-0.05, 0) is 45.6 Å². The van der Waals surface area contributed by atoms with Crippen LogP contribution >= 0.6 is 0 Å². The molecule has 3 heteroatoms. The van der Waals surface area contributed by atoms with Crippen molar-refractivity contribution in [3.05, 3.63) is 18.2 Å². The maximum atomic E-state index is 9.86. The largest absolute Gasteiger partial charge is 0.353 e. The molecule has 0 aliphatic heterocycles. The van der Waals surface area contributed by atoms with Crippen molar-refractivity contribution in [3.63, 3.8) is 0 Å². The first-order valence-electron chi connectivity index (χ1n) is 7.93. The number of hydrogen-bond acceptors (Lipinski definition) is 3. The Hall–Kier alpha value is -1.33. The Labute approximate surface area is 129 Å². The molecule has 0 radical (unpaired) electrons. The van der Waals surface area contributed by atoms with Gasteiger partial charge in [-0.2, -0.15) is 0 Å². The first kappa shape index (κ1) is 19.7. The molecule has 0 saturated heterocycles. The van der Waals surface area contributed by atoms with Gasteiger partial charge in [-0.15, -0.1) is 0 Å². The molecule has 0 amide bonds. The second-order valence-corrected chi connectivity index (χ2v) is 4.64. The number of carbonyl (C=O) groups excluding carboxylic acids is 1. The molecular weight excluding hydrogens is 264 g/mol. The minimum absolute atomic E-state index is 0.0260. The minimum atomic E-state index is -0.0260. The zero-order valence-corrected chi connectivity index (χ0v) is 13.4. The lowest BCUT2D eigenvalue weighted by atomic mass is 10.1. The van der Waals surface area contributed by atoms with Crippen molar-refractivity contribution < 1.29 is 14.3 Å². The highest BCUT2D eigenvalue weighted by atomic mass is 16.7. The Morgan fingerprint density at radius 2 is 1.62 bits per heavy atom. The average molecular weight is 292 g/mol. The van der Waals surface area contributed by atoms with Gasteiger partial charge in [-0.3, -0.25) is 0 Å². The third-order valence-corrected chi connectivity index (χ3v) is 2.93. The number of hydrogen-bond donors (Lipinski definition) is 0. The predicted molar refractivity (Wildman–Crippen MR) is 86.5 cm³/mol. The van der Waals surface area contributed by atoms with Crippen molar-refractivity contribution in [2.45, 2.75) is 65.1 Å². The smallest absolute Gasteiger partial charge is 0.157 e. The van der Waals surface area contributed by atoms with Gasteiger partial charge in [-0.25, -0.2) is 4.79 Å². The summed E-state index contributed by atoms with van der Waals surface area (Å²) in [5.41, 5.74) is 0. The monoisotopic (exact) mass is 292 g/mol. The third-order valence-electron chi connectivity index (χ3n) is 2.93. The summed E-state index contributed by atoms with van der Waals surface area (Å²) in [7, 11) is 0. The predicted octanol–water partition coefficient (Wildman–Crippen LogP) is 4.06. The van der Waals surface area contributed by atoms with Crippen LogP contribution in [0.3, 0.4) is 0 Å². The summed E-state index contributed by atoms with van der Waals surface area (Å²) in [6.07, 6.45) is 13.1. The summed E-state index contributed by atoms with van der Waals surface area (Å²) in [5, 5.41) is 0. The topological polar surface area (TPSA) is 35.5 Å². The zero-order valence-electron chi connectivity index (χ0n) is 13.4. The molecule has 0 aromatic rings. The molecule has 0 bridgehead atoms. The van der Waals surface area contributed by atoms with Gasteiger partial charge in [0.1, 0.15) is 5.94 Å². The molecule has 118 valence electrons. The Kier molecular flexibility index (Phi) is 15.7. The normalized spacial score (nSPS) is 10.4. The van der Waals surface area contributed by atoms with Crippen LogP contribution in [0.2, 0.25) is 0 Å². The van der Waals surface area contributed by atoms with E-state index in [1.54, 1.807) is 12.0 Å². The number of unbranched alkanes of at least 4 members (excludes halogenated alkanes) is 5. The van der Waals surface area contributed by atoms with Crippen LogP contribution < -0.4 is 0 Å². The Morgan fingerprint density at radius 3 is 2.29 bits per heavy atom. The fraction of sp³-hybridized carbons (Fsp3) is 0.667. The summed E-state index contributed by atoms with van der Waals surface area (Å²) in [6, 6.07) is 0. The first-order chi connectivity index (χ1) is 10.3. The van der Waals surface area contributed by atoms with Gasteiger partial charge >= 0.3 is 0 Å². The van der Waals surface area contributed by atoms with E-state index >= 15 is 0 Å². The standard InChI is InChI=1S/C18H28O3/c1-3-20-18(21-4-2)16-14-12-10-8-6-5-7-9-11-13-15-17-19/h7,9,15,18H,3-6,8,10,12,14,16H2,1-2H3. The molecule has 0 rings (SSSR count). The molecule has 0 heterocycles. The molecule has 21 heavy (non-hydrogen) atoms. The average Bonchev–Trinajstić information content (AvgIpc) is 2.48. The van der Waals surface area contributed by atoms with Crippen LogP contribution in [0.4, 0.5) is 0 Å². The van der Waals surface area contributed by atoms with Crippen LogP contribution in [-0.2, 0) is 14.3 Å². The van der Waals surface area contributed by atoms with E-state index in [4.69, 9.17) is 9.47 Å². The van der Waals surface area contributed by atoms with Crippen LogP contribution in [0.5, 0.6) is 0 Å². The van der Waals surface area contributed by atoms with E-state index < -0.39 is 0 Å². The minimum Gasteiger partial charge on any atom is -0.353 e. The van der Waals surface area contributed by atoms with Crippen molar-refractivity contribution in [1.82, 2.24) is 0 Å². The van der Waals surface area contributed by atoms with Crippen LogP contribution in [0.15, 0.2) is 18.2 Å². The second-order valence-electron chi connectivity index (χ2n) is 4.64. The molecule has 0 atom stereocenters. The molecule has 0 spiro atoms. The quantitative estimate of drug-likeness (QED) is 0.235. The third kappa shape index (κ3) is 14.9. The van der Waals surface area contributed by atoms with Gasteiger partial charge in [0.05, 0.1) is 6.08 Å². The van der Waals surface area contributed by atoms with E-state index in [2.05, 4.69) is 11.8 Å². The maximum absolute atomic E-state index is 9.86. The summed E-state index contributed by atoms with van der Waals surface area (Å²) < 4.78 is 11.0. The highest BCUT2D eigenvalue weighted by Gasteiger charge is 2.06. The SMILES string of the molecule is CCOC(CCCCCCCC=CC#CC=C=O)OCC. The van der Waals surface area contributed by atoms with Crippen LogP contribution in [-0.4, -0.2) is 25.4 Å². The molecule has 0 aromatic heterocycles. The van der Waals surface area contributed by atoms with Crippen molar-refractivity contribution in [2.75, 3.05) is 13.2 Å². The van der Waals surface area contributed by atoms with Crippen molar-refractivity contribution >= 4 is 5.94 Å². The molecule has 0 saturated carbocycles. The summed E-state index contributed by atoms with van der Waals surface area (Å²) in [5.74, 6) is 6.96. The van der Waals surface area contributed by atoms with E-state index in [1.165, 1.54) is 31.8 Å². The van der Waals surface area contributed by atoms with E-state index in [-0.39, 0.29) is 6.29 Å². The Morgan fingerprint density at radius 1 is 0.952 bits per heavy atom. The zero-order chi connectivity index (χ0) is 15.6.